The number of ether oxygens (including phenoxy) is 2. The number of rotatable bonds is 6. The Morgan fingerprint density at radius 1 is 1.00 bits per heavy atom. The lowest BCUT2D eigenvalue weighted by Gasteiger charge is -2.14. The molecule has 0 fully saturated rings. The molecule has 0 saturated heterocycles. The minimum absolute atomic E-state index is 0.0451. The van der Waals surface area contributed by atoms with E-state index in [9.17, 15) is 18.0 Å². The number of hydrogen-bond donors (Lipinski definition) is 1. The van der Waals surface area contributed by atoms with Gasteiger partial charge < -0.3 is 14.8 Å². The quantitative estimate of drug-likeness (QED) is 0.479. The minimum Gasteiger partial charge on any atom is -0.497 e. The Kier molecular flexibility index (Phi) is 6.40. The summed E-state index contributed by atoms with van der Waals surface area (Å²) >= 11 is 0. The van der Waals surface area contributed by atoms with Gasteiger partial charge in [-0.25, -0.2) is 4.79 Å². The number of benzene rings is 3. The van der Waals surface area contributed by atoms with Gasteiger partial charge in [0.05, 0.1) is 12.7 Å². The van der Waals surface area contributed by atoms with Crippen LogP contribution in [0.2, 0.25) is 0 Å². The molecule has 3 aromatic carbocycles. The molecule has 0 spiro atoms. The smallest absolute Gasteiger partial charge is 0.416 e. The van der Waals surface area contributed by atoms with Crippen molar-refractivity contribution < 1.29 is 27.4 Å². The summed E-state index contributed by atoms with van der Waals surface area (Å²) < 4.78 is 49.5. The topological polar surface area (TPSA) is 47.6 Å². The van der Waals surface area contributed by atoms with Crippen LogP contribution in [-0.2, 0) is 10.9 Å². The molecule has 0 atom stereocenters. The van der Waals surface area contributed by atoms with E-state index in [1.54, 1.807) is 6.08 Å². The first-order valence-electron chi connectivity index (χ1n) is 10.4. The van der Waals surface area contributed by atoms with Crippen LogP contribution < -0.4 is 10.1 Å². The first-order chi connectivity index (χ1) is 15.9. The Morgan fingerprint density at radius 2 is 1.64 bits per heavy atom. The number of fused-ring (bicyclic) bond motifs is 3. The van der Waals surface area contributed by atoms with Crippen LogP contribution in [0.25, 0.3) is 17.2 Å². The maximum absolute atomic E-state index is 13.0. The second-order valence-corrected chi connectivity index (χ2v) is 7.60. The number of halogens is 3. The molecule has 0 heterocycles. The van der Waals surface area contributed by atoms with Crippen LogP contribution in [0.1, 0.15) is 28.2 Å². The highest BCUT2D eigenvalue weighted by Gasteiger charge is 2.31. The standard InChI is InChI=1S/C26H22F3NO3/c1-32-19-14-17(13-18(15-19)26(27,28)29)7-6-12-30-25(31)33-16-24-22-10-4-2-8-20(22)21-9-3-5-11-23(21)24/h2-11,13-15,24H,12,16H2,1H3,(H,30,31). The van der Waals surface area contributed by atoms with E-state index < -0.39 is 17.8 Å². The third kappa shape index (κ3) is 5.03. The Labute approximate surface area is 189 Å². The van der Waals surface area contributed by atoms with Crippen molar-refractivity contribution in [2.75, 3.05) is 20.3 Å². The molecule has 3 aromatic rings. The van der Waals surface area contributed by atoms with Crippen LogP contribution >= 0.6 is 0 Å². The fourth-order valence-electron chi connectivity index (χ4n) is 3.99. The second kappa shape index (κ2) is 9.40. The Balaban J connectivity index is 1.34. The van der Waals surface area contributed by atoms with Gasteiger partial charge in [-0.05, 0) is 46.0 Å². The largest absolute Gasteiger partial charge is 0.497 e. The maximum atomic E-state index is 13.0. The van der Waals surface area contributed by atoms with Crippen LogP contribution in [0.5, 0.6) is 5.75 Å². The van der Waals surface area contributed by atoms with Crippen molar-refractivity contribution in [3.63, 3.8) is 0 Å². The zero-order chi connectivity index (χ0) is 23.4. The fourth-order valence-corrected chi connectivity index (χ4v) is 3.99. The molecule has 0 unspecified atom stereocenters. The summed E-state index contributed by atoms with van der Waals surface area (Å²) in [7, 11) is 1.31. The van der Waals surface area contributed by atoms with Gasteiger partial charge in [0.2, 0.25) is 0 Å². The van der Waals surface area contributed by atoms with E-state index >= 15 is 0 Å². The predicted octanol–water partition coefficient (Wildman–Crippen LogP) is 6.27. The summed E-state index contributed by atoms with van der Waals surface area (Å²) in [5, 5.41) is 2.60. The molecule has 0 aromatic heterocycles. The van der Waals surface area contributed by atoms with Crippen molar-refractivity contribution in [3.8, 4) is 16.9 Å². The molecule has 0 saturated carbocycles. The number of amides is 1. The van der Waals surface area contributed by atoms with Crippen LogP contribution in [0.3, 0.4) is 0 Å². The molecule has 0 aliphatic heterocycles. The maximum Gasteiger partial charge on any atom is 0.416 e. The first-order valence-corrected chi connectivity index (χ1v) is 10.4. The third-order valence-electron chi connectivity index (χ3n) is 5.51. The minimum atomic E-state index is -4.48. The third-order valence-corrected chi connectivity index (χ3v) is 5.51. The van der Waals surface area contributed by atoms with Crippen LogP contribution in [-0.4, -0.2) is 26.4 Å². The van der Waals surface area contributed by atoms with E-state index in [0.29, 0.717) is 5.56 Å². The Hall–Kier alpha value is -3.74. The van der Waals surface area contributed by atoms with Crippen molar-refractivity contribution in [2.24, 2.45) is 0 Å². The van der Waals surface area contributed by atoms with Gasteiger partial charge in [0.25, 0.3) is 0 Å². The predicted molar refractivity (Wildman–Crippen MR) is 120 cm³/mol. The summed E-state index contributed by atoms with van der Waals surface area (Å²) in [6.07, 6.45) is -2.03. The number of hydrogen-bond acceptors (Lipinski definition) is 3. The van der Waals surface area contributed by atoms with E-state index in [-0.39, 0.29) is 24.8 Å². The molecular formula is C26H22F3NO3. The summed E-state index contributed by atoms with van der Waals surface area (Å²) in [5.41, 5.74) is 4.03. The van der Waals surface area contributed by atoms with E-state index in [4.69, 9.17) is 9.47 Å². The fraction of sp³-hybridized carbons (Fsp3) is 0.192. The molecule has 1 N–H and O–H groups in total. The van der Waals surface area contributed by atoms with Crippen LogP contribution in [0.4, 0.5) is 18.0 Å². The monoisotopic (exact) mass is 453 g/mol. The van der Waals surface area contributed by atoms with E-state index in [0.717, 1.165) is 34.4 Å². The first kappa shape index (κ1) is 22.5. The number of carbonyl (C=O) groups is 1. The van der Waals surface area contributed by atoms with Gasteiger partial charge in [0, 0.05) is 12.5 Å². The number of nitrogens with one attached hydrogen (secondary N) is 1. The Bertz CT molecular complexity index is 1140. The summed E-state index contributed by atoms with van der Waals surface area (Å²) in [6.45, 7) is 0.295. The molecular weight excluding hydrogens is 431 g/mol. The van der Waals surface area contributed by atoms with Gasteiger partial charge in [-0.1, -0.05) is 60.7 Å². The average Bonchev–Trinajstić information content (AvgIpc) is 3.13. The van der Waals surface area contributed by atoms with Gasteiger partial charge in [-0.2, -0.15) is 13.2 Å². The van der Waals surface area contributed by atoms with Crippen molar-refractivity contribution >= 4 is 12.2 Å². The van der Waals surface area contributed by atoms with E-state index in [1.807, 2.05) is 36.4 Å². The summed E-state index contributed by atoms with van der Waals surface area (Å²) in [5.74, 6) is 0.0604. The molecule has 0 radical (unpaired) electrons. The summed E-state index contributed by atoms with van der Waals surface area (Å²) in [6, 6.07) is 19.5. The van der Waals surface area contributed by atoms with Crippen LogP contribution in [0, 0.1) is 0 Å². The van der Waals surface area contributed by atoms with Gasteiger partial charge in [0.15, 0.2) is 0 Å². The lowest BCUT2D eigenvalue weighted by Crippen LogP contribution is -2.26. The highest BCUT2D eigenvalue weighted by molar-refractivity contribution is 5.79. The molecule has 0 bridgehead atoms. The van der Waals surface area contributed by atoms with Gasteiger partial charge in [-0.15, -0.1) is 0 Å². The second-order valence-electron chi connectivity index (χ2n) is 7.60. The molecule has 1 aliphatic carbocycles. The van der Waals surface area contributed by atoms with Crippen LogP contribution in [0.15, 0.2) is 72.8 Å². The molecule has 4 rings (SSSR count). The van der Waals surface area contributed by atoms with E-state index in [2.05, 4.69) is 17.4 Å². The highest BCUT2D eigenvalue weighted by atomic mass is 19.4. The molecule has 170 valence electrons. The lowest BCUT2D eigenvalue weighted by molar-refractivity contribution is -0.137. The normalized spacial score (nSPS) is 13.0. The van der Waals surface area contributed by atoms with E-state index in [1.165, 1.54) is 19.3 Å². The van der Waals surface area contributed by atoms with Crippen molar-refractivity contribution in [2.45, 2.75) is 12.1 Å². The number of alkyl halides is 3. The average molecular weight is 453 g/mol. The SMILES string of the molecule is COc1cc(C=CCNC(=O)OCC2c3ccccc3-c3ccccc32)cc(C(F)(F)F)c1. The van der Waals surface area contributed by atoms with Crippen molar-refractivity contribution in [1.29, 1.82) is 0 Å². The number of alkyl carbamates (subject to hydrolysis) is 1. The summed E-state index contributed by atoms with van der Waals surface area (Å²) in [4.78, 5) is 12.2. The molecule has 1 amide bonds. The van der Waals surface area contributed by atoms with Crippen molar-refractivity contribution in [1.82, 2.24) is 5.32 Å². The number of carbonyl (C=O) groups excluding carboxylic acids is 1. The molecule has 7 heteroatoms. The molecule has 4 nitrogen and oxygen atoms in total. The molecule has 1 aliphatic rings. The lowest BCUT2D eigenvalue weighted by atomic mass is 9.98. The Morgan fingerprint density at radius 3 is 2.24 bits per heavy atom. The molecule has 33 heavy (non-hydrogen) atoms. The van der Waals surface area contributed by atoms with Crippen molar-refractivity contribution in [3.05, 3.63) is 95.1 Å². The zero-order valence-corrected chi connectivity index (χ0v) is 17.9. The number of methoxy groups -OCH3 is 1. The van der Waals surface area contributed by atoms with Gasteiger partial charge >= 0.3 is 12.3 Å². The van der Waals surface area contributed by atoms with Gasteiger partial charge in [0.1, 0.15) is 12.4 Å². The van der Waals surface area contributed by atoms with Gasteiger partial charge in [-0.3, -0.25) is 0 Å². The highest BCUT2D eigenvalue weighted by Crippen LogP contribution is 2.44. The zero-order valence-electron chi connectivity index (χ0n) is 17.9.